The number of hydrogen-bond acceptors (Lipinski definition) is 3. The molecule has 0 unspecified atom stereocenters. The summed E-state index contributed by atoms with van der Waals surface area (Å²) in [4.78, 5) is 12.1. The third kappa shape index (κ3) is 5.11. The minimum absolute atomic E-state index is 0.0566. The van der Waals surface area contributed by atoms with Crippen LogP contribution in [0.1, 0.15) is 35.4 Å². The molecule has 2 aromatic carbocycles. The van der Waals surface area contributed by atoms with Crippen molar-refractivity contribution in [3.05, 3.63) is 65.7 Å². The van der Waals surface area contributed by atoms with Crippen molar-refractivity contribution in [1.82, 2.24) is 5.32 Å². The van der Waals surface area contributed by atoms with Gasteiger partial charge in [-0.2, -0.15) is 0 Å². The monoisotopic (exact) mass is 313 g/mol. The molecular weight excluding hydrogens is 290 g/mol. The van der Waals surface area contributed by atoms with Crippen molar-refractivity contribution in [1.29, 1.82) is 0 Å². The highest BCUT2D eigenvalue weighted by molar-refractivity contribution is 5.96. The number of methoxy groups -OCH3 is 1. The molecule has 0 fully saturated rings. The van der Waals surface area contributed by atoms with Crippen molar-refractivity contribution in [2.75, 3.05) is 20.3 Å². The van der Waals surface area contributed by atoms with E-state index >= 15 is 0 Å². The van der Waals surface area contributed by atoms with Crippen molar-refractivity contribution in [2.24, 2.45) is 0 Å². The van der Waals surface area contributed by atoms with Crippen molar-refractivity contribution in [2.45, 2.75) is 19.4 Å². The Hall–Kier alpha value is -2.33. The zero-order valence-corrected chi connectivity index (χ0v) is 13.6. The minimum Gasteiger partial charge on any atom is -0.496 e. The number of ether oxygens (including phenoxy) is 2. The van der Waals surface area contributed by atoms with Gasteiger partial charge in [-0.25, -0.2) is 0 Å². The quantitative estimate of drug-likeness (QED) is 0.758. The molecular formula is C19H23NO3. The first-order valence-corrected chi connectivity index (χ1v) is 7.80. The van der Waals surface area contributed by atoms with Crippen LogP contribution in [-0.2, 0) is 4.74 Å². The maximum Gasteiger partial charge on any atom is 0.255 e. The van der Waals surface area contributed by atoms with Gasteiger partial charge >= 0.3 is 0 Å². The Morgan fingerprint density at radius 1 is 1.09 bits per heavy atom. The SMILES string of the molecule is COc1ccccc1C(=O)NCCCO[C@@H](C)c1ccccc1. The van der Waals surface area contributed by atoms with E-state index in [4.69, 9.17) is 9.47 Å². The number of rotatable bonds is 8. The third-order valence-corrected chi connectivity index (χ3v) is 3.60. The highest BCUT2D eigenvalue weighted by Crippen LogP contribution is 2.17. The number of hydrogen-bond donors (Lipinski definition) is 1. The number of para-hydroxylation sites is 1. The van der Waals surface area contributed by atoms with E-state index in [1.807, 2.05) is 49.4 Å². The largest absolute Gasteiger partial charge is 0.496 e. The van der Waals surface area contributed by atoms with Crippen LogP contribution in [0.5, 0.6) is 5.75 Å². The van der Waals surface area contributed by atoms with Crippen molar-refractivity contribution < 1.29 is 14.3 Å². The first kappa shape index (κ1) is 17.0. The minimum atomic E-state index is -0.126. The van der Waals surface area contributed by atoms with Gasteiger partial charge in [0.2, 0.25) is 0 Å². The van der Waals surface area contributed by atoms with Crippen molar-refractivity contribution >= 4 is 5.91 Å². The van der Waals surface area contributed by atoms with Crippen LogP contribution in [0, 0.1) is 0 Å². The van der Waals surface area contributed by atoms with E-state index in [2.05, 4.69) is 5.32 Å². The normalized spacial score (nSPS) is 11.7. The van der Waals surface area contributed by atoms with E-state index in [0.717, 1.165) is 12.0 Å². The third-order valence-electron chi connectivity index (χ3n) is 3.60. The van der Waals surface area contributed by atoms with Gasteiger partial charge in [-0.15, -0.1) is 0 Å². The number of nitrogens with one attached hydrogen (secondary N) is 1. The predicted octanol–water partition coefficient (Wildman–Crippen LogP) is 3.59. The molecule has 4 nitrogen and oxygen atoms in total. The van der Waals surface area contributed by atoms with Gasteiger partial charge in [-0.05, 0) is 31.0 Å². The fourth-order valence-electron chi connectivity index (χ4n) is 2.28. The second-order valence-electron chi connectivity index (χ2n) is 5.23. The fourth-order valence-corrected chi connectivity index (χ4v) is 2.28. The van der Waals surface area contributed by atoms with Gasteiger partial charge in [0, 0.05) is 13.2 Å². The zero-order chi connectivity index (χ0) is 16.5. The van der Waals surface area contributed by atoms with E-state index in [1.54, 1.807) is 19.2 Å². The van der Waals surface area contributed by atoms with Crippen LogP contribution in [0.15, 0.2) is 54.6 Å². The molecule has 0 saturated heterocycles. The molecule has 0 bridgehead atoms. The highest BCUT2D eigenvalue weighted by atomic mass is 16.5. The molecule has 2 aromatic rings. The fraction of sp³-hybridized carbons (Fsp3) is 0.316. The molecule has 1 amide bonds. The van der Waals surface area contributed by atoms with Gasteiger partial charge in [0.25, 0.3) is 5.91 Å². The molecule has 23 heavy (non-hydrogen) atoms. The highest BCUT2D eigenvalue weighted by Gasteiger charge is 2.10. The summed E-state index contributed by atoms with van der Waals surface area (Å²) in [5.41, 5.74) is 1.71. The Labute approximate surface area is 137 Å². The Kier molecular flexibility index (Phi) is 6.63. The number of carbonyl (C=O) groups is 1. The topological polar surface area (TPSA) is 47.6 Å². The molecule has 4 heteroatoms. The van der Waals surface area contributed by atoms with Crippen LogP contribution < -0.4 is 10.1 Å². The van der Waals surface area contributed by atoms with E-state index in [1.165, 1.54) is 0 Å². The van der Waals surface area contributed by atoms with E-state index < -0.39 is 0 Å². The van der Waals surface area contributed by atoms with Crippen molar-refractivity contribution in [3.8, 4) is 5.75 Å². The van der Waals surface area contributed by atoms with Gasteiger partial charge in [-0.1, -0.05) is 42.5 Å². The Balaban J connectivity index is 1.70. The number of carbonyl (C=O) groups excluding carboxylic acids is 1. The second kappa shape index (κ2) is 8.96. The Morgan fingerprint density at radius 2 is 1.78 bits per heavy atom. The summed E-state index contributed by atoms with van der Waals surface area (Å²) in [7, 11) is 1.56. The van der Waals surface area contributed by atoms with Crippen molar-refractivity contribution in [3.63, 3.8) is 0 Å². The maximum atomic E-state index is 12.1. The van der Waals surface area contributed by atoms with Crippen LogP contribution in [0.4, 0.5) is 0 Å². The molecule has 0 spiro atoms. The lowest BCUT2D eigenvalue weighted by Gasteiger charge is -2.13. The molecule has 0 aromatic heterocycles. The van der Waals surface area contributed by atoms with Crippen LogP contribution in [0.2, 0.25) is 0 Å². The molecule has 2 rings (SSSR count). The first-order valence-electron chi connectivity index (χ1n) is 7.80. The average molecular weight is 313 g/mol. The summed E-state index contributed by atoms with van der Waals surface area (Å²) in [5, 5.41) is 2.89. The van der Waals surface area contributed by atoms with Gasteiger partial charge in [0.05, 0.1) is 18.8 Å². The Bertz CT molecular complexity index is 613. The van der Waals surface area contributed by atoms with E-state index in [9.17, 15) is 4.79 Å². The van der Waals surface area contributed by atoms with Gasteiger partial charge in [0.1, 0.15) is 5.75 Å². The van der Waals surface area contributed by atoms with Crippen LogP contribution in [0.25, 0.3) is 0 Å². The van der Waals surface area contributed by atoms with Gasteiger partial charge < -0.3 is 14.8 Å². The first-order chi connectivity index (χ1) is 11.2. The molecule has 0 aliphatic heterocycles. The maximum absolute atomic E-state index is 12.1. The van der Waals surface area contributed by atoms with E-state index in [0.29, 0.717) is 24.5 Å². The molecule has 1 atom stereocenters. The summed E-state index contributed by atoms with van der Waals surface area (Å²) in [6.45, 7) is 3.20. The van der Waals surface area contributed by atoms with Crippen LogP contribution in [-0.4, -0.2) is 26.2 Å². The summed E-state index contributed by atoms with van der Waals surface area (Å²) < 4.78 is 11.0. The smallest absolute Gasteiger partial charge is 0.255 e. The van der Waals surface area contributed by atoms with Crippen LogP contribution >= 0.6 is 0 Å². The second-order valence-corrected chi connectivity index (χ2v) is 5.23. The summed E-state index contributed by atoms with van der Waals surface area (Å²) >= 11 is 0. The summed E-state index contributed by atoms with van der Waals surface area (Å²) in [6.07, 6.45) is 0.819. The Morgan fingerprint density at radius 3 is 2.52 bits per heavy atom. The standard InChI is InChI=1S/C19H23NO3/c1-15(16-9-4-3-5-10-16)23-14-8-13-20-19(21)17-11-6-7-12-18(17)22-2/h3-7,9-12,15H,8,13-14H2,1-2H3,(H,20,21)/t15-/m0/s1. The van der Waals surface area contributed by atoms with Crippen LogP contribution in [0.3, 0.4) is 0 Å². The molecule has 0 heterocycles. The number of amides is 1. The summed E-state index contributed by atoms with van der Waals surface area (Å²) in [5.74, 6) is 0.456. The van der Waals surface area contributed by atoms with Gasteiger partial charge in [0.15, 0.2) is 0 Å². The average Bonchev–Trinajstić information content (AvgIpc) is 2.61. The molecule has 0 aliphatic carbocycles. The molecule has 0 radical (unpaired) electrons. The lowest BCUT2D eigenvalue weighted by molar-refractivity contribution is 0.0635. The molecule has 0 saturated carbocycles. The molecule has 0 aliphatic rings. The molecule has 1 N–H and O–H groups in total. The lowest BCUT2D eigenvalue weighted by atomic mass is 10.1. The lowest BCUT2D eigenvalue weighted by Crippen LogP contribution is -2.25. The van der Waals surface area contributed by atoms with Gasteiger partial charge in [-0.3, -0.25) is 4.79 Å². The predicted molar refractivity (Wildman–Crippen MR) is 90.8 cm³/mol. The zero-order valence-electron chi connectivity index (χ0n) is 13.6. The molecule has 122 valence electrons. The summed E-state index contributed by atoms with van der Waals surface area (Å²) in [6, 6.07) is 17.3. The number of benzene rings is 2. The van der Waals surface area contributed by atoms with E-state index in [-0.39, 0.29) is 12.0 Å².